The monoisotopic (exact) mass is 664 g/mol. The quantitative estimate of drug-likeness (QED) is 0.143. The van der Waals surface area contributed by atoms with Gasteiger partial charge in [0, 0.05) is 10.6 Å². The molecule has 0 fully saturated rings. The molecule has 0 aliphatic heterocycles. The molecule has 8 nitrogen and oxygen atoms in total. The molecule has 0 radical (unpaired) electrons. The summed E-state index contributed by atoms with van der Waals surface area (Å²) in [4.78, 5) is 29.2. The molecule has 4 aromatic carbocycles. The number of carbonyl (C=O) groups excluding carboxylic acids is 1. The number of hydrogen-bond acceptors (Lipinski definition) is 7. The van der Waals surface area contributed by atoms with E-state index in [1.54, 1.807) is 66.7 Å². The van der Waals surface area contributed by atoms with Crippen molar-refractivity contribution in [1.29, 1.82) is 0 Å². The topological polar surface area (TPSA) is 123 Å². The predicted molar refractivity (Wildman–Crippen MR) is 174 cm³/mol. The molecule has 1 heterocycles. The minimum absolute atomic E-state index is 0.103. The summed E-state index contributed by atoms with van der Waals surface area (Å²) >= 11 is 7.19. The highest BCUT2D eigenvalue weighted by atomic mass is 35.5. The Labute approximate surface area is 267 Å². The molecule has 0 aliphatic rings. The fourth-order valence-corrected chi connectivity index (χ4v) is 6.85. The molecule has 0 atom stereocenters. The van der Waals surface area contributed by atoms with Gasteiger partial charge in [0.05, 0.1) is 21.0 Å². The van der Waals surface area contributed by atoms with Crippen molar-refractivity contribution >= 4 is 72.7 Å². The van der Waals surface area contributed by atoms with Crippen LogP contribution in [0.4, 0.5) is 10.1 Å². The van der Waals surface area contributed by atoms with E-state index in [2.05, 4.69) is 10.3 Å². The SMILES string of the molecule is O=C(O)COc1ccc(CCCS(=O)(=O)c2ccc(Cl)cc2)cc1NC(=O)c1ccccc1/C=C/c1nc2c(F)cccc2s1. The van der Waals surface area contributed by atoms with Crippen molar-refractivity contribution in [1.82, 2.24) is 4.98 Å². The zero-order chi connectivity index (χ0) is 32.0. The van der Waals surface area contributed by atoms with E-state index in [4.69, 9.17) is 21.4 Å². The second-order valence-electron chi connectivity index (χ2n) is 9.90. The third kappa shape index (κ3) is 8.13. The molecule has 5 aromatic rings. The number of benzene rings is 4. The summed E-state index contributed by atoms with van der Waals surface area (Å²) < 4.78 is 45.7. The van der Waals surface area contributed by atoms with Crippen LogP contribution >= 0.6 is 22.9 Å². The number of rotatable bonds is 12. The standard InChI is InChI=1S/C33H26ClFN2O6S2/c34-23-12-14-24(15-13-23)45(41,42)18-4-5-21-10-16-28(43-20-31(38)39)27(19-21)36-33(40)25-7-2-1-6-22(25)11-17-30-37-32-26(35)8-3-9-29(32)44-30/h1-3,6-17,19H,4-5,18,20H2,(H,36,40)(H,38,39)/b17-11+. The van der Waals surface area contributed by atoms with Crippen LogP contribution in [0.1, 0.15) is 32.9 Å². The van der Waals surface area contributed by atoms with E-state index in [0.29, 0.717) is 38.7 Å². The van der Waals surface area contributed by atoms with Gasteiger partial charge in [-0.25, -0.2) is 22.6 Å². The van der Waals surface area contributed by atoms with Crippen LogP contribution < -0.4 is 10.1 Å². The second kappa shape index (κ2) is 14.0. The molecule has 1 amide bonds. The molecule has 0 aliphatic carbocycles. The van der Waals surface area contributed by atoms with E-state index in [-0.39, 0.29) is 27.6 Å². The number of aromatic nitrogens is 1. The lowest BCUT2D eigenvalue weighted by Crippen LogP contribution is -2.16. The lowest BCUT2D eigenvalue weighted by atomic mass is 10.1. The van der Waals surface area contributed by atoms with Gasteiger partial charge in [0.25, 0.3) is 5.91 Å². The summed E-state index contributed by atoms with van der Waals surface area (Å²) in [6.45, 7) is -0.621. The van der Waals surface area contributed by atoms with Crippen molar-refractivity contribution in [2.75, 3.05) is 17.7 Å². The van der Waals surface area contributed by atoms with E-state index < -0.39 is 34.1 Å². The third-order valence-electron chi connectivity index (χ3n) is 6.69. The first-order valence-electron chi connectivity index (χ1n) is 13.7. The Kier molecular flexibility index (Phi) is 9.92. The van der Waals surface area contributed by atoms with Gasteiger partial charge >= 0.3 is 5.97 Å². The molecule has 5 rings (SSSR count). The molecule has 0 spiro atoms. The first-order chi connectivity index (χ1) is 21.6. The van der Waals surface area contributed by atoms with Gasteiger partial charge in [0.2, 0.25) is 0 Å². The third-order valence-corrected chi connectivity index (χ3v) is 9.75. The number of aliphatic carboxylic acids is 1. The normalized spacial score (nSPS) is 11.6. The largest absolute Gasteiger partial charge is 0.480 e. The molecule has 0 saturated heterocycles. The van der Waals surface area contributed by atoms with Crippen molar-refractivity contribution in [3.8, 4) is 5.75 Å². The van der Waals surface area contributed by atoms with Crippen LogP contribution in [0.25, 0.3) is 22.4 Å². The number of nitrogens with one attached hydrogen (secondary N) is 1. The molecule has 45 heavy (non-hydrogen) atoms. The Morgan fingerprint density at radius 1 is 1.00 bits per heavy atom. The molecular formula is C33H26ClFN2O6S2. The number of para-hydroxylation sites is 1. The lowest BCUT2D eigenvalue weighted by Gasteiger charge is -2.14. The minimum Gasteiger partial charge on any atom is -0.480 e. The van der Waals surface area contributed by atoms with Crippen LogP contribution in [0.2, 0.25) is 5.02 Å². The van der Waals surface area contributed by atoms with Gasteiger partial charge in [0.1, 0.15) is 22.1 Å². The number of carbonyl (C=O) groups is 2. The molecule has 2 N–H and O–H groups in total. The van der Waals surface area contributed by atoms with Gasteiger partial charge in [0.15, 0.2) is 16.4 Å². The predicted octanol–water partition coefficient (Wildman–Crippen LogP) is 7.38. The van der Waals surface area contributed by atoms with Crippen LogP contribution in [0.3, 0.4) is 0 Å². The number of halogens is 2. The maximum atomic E-state index is 14.1. The molecule has 1 aromatic heterocycles. The molecule has 230 valence electrons. The number of sulfone groups is 1. The van der Waals surface area contributed by atoms with Gasteiger partial charge in [-0.05, 0) is 84.6 Å². The first-order valence-corrected chi connectivity index (χ1v) is 16.5. The Hall–Kier alpha value is -4.58. The van der Waals surface area contributed by atoms with Gasteiger partial charge in [-0.1, -0.05) is 48.0 Å². The number of fused-ring (bicyclic) bond motifs is 1. The Balaban J connectivity index is 1.34. The van der Waals surface area contributed by atoms with E-state index in [1.165, 1.54) is 41.7 Å². The van der Waals surface area contributed by atoms with Gasteiger partial charge in [-0.2, -0.15) is 0 Å². The summed E-state index contributed by atoms with van der Waals surface area (Å²) in [6, 6.07) is 22.5. The Morgan fingerprint density at radius 3 is 2.53 bits per heavy atom. The zero-order valence-electron chi connectivity index (χ0n) is 23.6. The number of nitrogens with zero attached hydrogens (tertiary/aromatic N) is 1. The van der Waals surface area contributed by atoms with Gasteiger partial charge in [-0.15, -0.1) is 11.3 Å². The summed E-state index contributed by atoms with van der Waals surface area (Å²) in [5.41, 5.74) is 2.13. The first kappa shape index (κ1) is 31.8. The highest BCUT2D eigenvalue weighted by Crippen LogP contribution is 2.29. The van der Waals surface area contributed by atoms with Crippen molar-refractivity contribution in [3.05, 3.63) is 117 Å². The molecule has 0 bridgehead atoms. The van der Waals surface area contributed by atoms with Crippen LogP contribution in [0.5, 0.6) is 5.75 Å². The number of thiazole rings is 1. The van der Waals surface area contributed by atoms with E-state index in [1.807, 2.05) is 0 Å². The van der Waals surface area contributed by atoms with E-state index >= 15 is 0 Å². The maximum absolute atomic E-state index is 14.1. The molecular weight excluding hydrogens is 639 g/mol. The summed E-state index contributed by atoms with van der Waals surface area (Å²) in [6.07, 6.45) is 4.09. The number of carboxylic acid groups (broad SMARTS) is 1. The number of amides is 1. The average Bonchev–Trinajstić information content (AvgIpc) is 3.44. The smallest absolute Gasteiger partial charge is 0.341 e. The van der Waals surface area contributed by atoms with Crippen LogP contribution in [0, 0.1) is 5.82 Å². The van der Waals surface area contributed by atoms with Gasteiger partial charge < -0.3 is 15.2 Å². The van der Waals surface area contributed by atoms with Crippen LogP contribution in [-0.2, 0) is 21.1 Å². The zero-order valence-corrected chi connectivity index (χ0v) is 26.0. The summed E-state index contributed by atoms with van der Waals surface area (Å²) in [5.74, 6) is -2.03. The number of hydrogen-bond donors (Lipinski definition) is 2. The molecule has 12 heteroatoms. The van der Waals surface area contributed by atoms with Crippen molar-refractivity contribution in [2.24, 2.45) is 0 Å². The Bertz CT molecular complexity index is 2010. The second-order valence-corrected chi connectivity index (χ2v) is 13.5. The van der Waals surface area contributed by atoms with Gasteiger partial charge in [-0.3, -0.25) is 4.79 Å². The number of anilines is 1. The highest BCUT2D eigenvalue weighted by Gasteiger charge is 2.17. The Morgan fingerprint density at radius 2 is 1.78 bits per heavy atom. The maximum Gasteiger partial charge on any atom is 0.341 e. The number of carboxylic acids is 1. The fourth-order valence-electron chi connectivity index (χ4n) is 4.52. The minimum atomic E-state index is -3.53. The fraction of sp³-hybridized carbons (Fsp3) is 0.121. The van der Waals surface area contributed by atoms with E-state index in [9.17, 15) is 22.4 Å². The van der Waals surface area contributed by atoms with Crippen LogP contribution in [0.15, 0.2) is 89.8 Å². The summed E-state index contributed by atoms with van der Waals surface area (Å²) in [5, 5.41) is 12.9. The average molecular weight is 665 g/mol. The lowest BCUT2D eigenvalue weighted by molar-refractivity contribution is -0.139. The number of ether oxygens (including phenoxy) is 1. The number of aryl methyl sites for hydroxylation is 1. The van der Waals surface area contributed by atoms with Crippen molar-refractivity contribution in [3.63, 3.8) is 0 Å². The molecule has 0 unspecified atom stereocenters. The van der Waals surface area contributed by atoms with Crippen LogP contribution in [-0.4, -0.2) is 42.7 Å². The molecule has 0 saturated carbocycles. The highest BCUT2D eigenvalue weighted by molar-refractivity contribution is 7.91. The van der Waals surface area contributed by atoms with Crippen molar-refractivity contribution in [2.45, 2.75) is 17.7 Å². The van der Waals surface area contributed by atoms with Crippen molar-refractivity contribution < 1.29 is 32.2 Å². The summed E-state index contributed by atoms with van der Waals surface area (Å²) in [7, 11) is -3.53. The van der Waals surface area contributed by atoms with E-state index in [0.717, 1.165) is 5.56 Å².